The van der Waals surface area contributed by atoms with Gasteiger partial charge in [0.25, 0.3) is 0 Å². The van der Waals surface area contributed by atoms with Crippen LogP contribution in [0.25, 0.3) is 0 Å². The Morgan fingerprint density at radius 1 is 1.10 bits per heavy atom. The lowest BCUT2D eigenvalue weighted by atomic mass is 9.83. The molecule has 0 spiro atoms. The Morgan fingerprint density at radius 3 is 2.10 bits per heavy atom. The Bertz CT molecular complexity index is 634. The third-order valence-electron chi connectivity index (χ3n) is 3.59. The van der Waals surface area contributed by atoms with E-state index >= 15 is 0 Å². The highest BCUT2D eigenvalue weighted by Gasteiger charge is 2.43. The molecule has 0 atom stereocenters. The van der Waals surface area contributed by atoms with Gasteiger partial charge in [-0.25, -0.2) is 17.2 Å². The van der Waals surface area contributed by atoms with Gasteiger partial charge in [0.2, 0.25) is 10.0 Å². The monoisotopic (exact) mass is 319 g/mol. The summed E-state index contributed by atoms with van der Waals surface area (Å²) in [6.45, 7) is 0. The number of hydrogen-bond donors (Lipinski definition) is 2. The Morgan fingerprint density at radius 2 is 1.62 bits per heavy atom. The maximum Gasteiger partial charge on any atom is 0.324 e. The first kappa shape index (κ1) is 15.8. The number of halogens is 2. The van der Waals surface area contributed by atoms with Crippen LogP contribution in [-0.4, -0.2) is 25.0 Å². The van der Waals surface area contributed by atoms with Gasteiger partial charge in [-0.15, -0.1) is 0 Å². The first-order valence-corrected chi connectivity index (χ1v) is 7.97. The molecule has 0 aliphatic heterocycles. The summed E-state index contributed by atoms with van der Waals surface area (Å²) < 4.78 is 52.8. The van der Waals surface area contributed by atoms with E-state index in [1.807, 2.05) is 0 Å². The molecule has 0 aromatic heterocycles. The second kappa shape index (κ2) is 5.69. The Hall–Kier alpha value is -1.54. The van der Waals surface area contributed by atoms with Crippen LogP contribution in [0.1, 0.15) is 32.1 Å². The molecule has 21 heavy (non-hydrogen) atoms. The molecule has 0 bridgehead atoms. The second-order valence-electron chi connectivity index (χ2n) is 5.16. The topological polar surface area (TPSA) is 83.5 Å². The molecule has 1 saturated carbocycles. The van der Waals surface area contributed by atoms with E-state index in [0.717, 1.165) is 6.42 Å². The van der Waals surface area contributed by atoms with Crippen molar-refractivity contribution in [1.29, 1.82) is 0 Å². The Labute approximate surface area is 121 Å². The maximum absolute atomic E-state index is 13.1. The number of carboxylic acids is 1. The average Bonchev–Trinajstić information content (AvgIpc) is 2.38. The van der Waals surface area contributed by atoms with Crippen LogP contribution < -0.4 is 4.72 Å². The zero-order valence-corrected chi connectivity index (χ0v) is 11.9. The van der Waals surface area contributed by atoms with Crippen molar-refractivity contribution in [1.82, 2.24) is 4.72 Å². The van der Waals surface area contributed by atoms with Gasteiger partial charge in [-0.05, 0) is 25.0 Å². The first-order valence-electron chi connectivity index (χ1n) is 6.49. The third kappa shape index (κ3) is 3.38. The molecule has 8 heteroatoms. The fourth-order valence-corrected chi connectivity index (χ4v) is 3.97. The van der Waals surface area contributed by atoms with Gasteiger partial charge in [0, 0.05) is 6.07 Å². The van der Waals surface area contributed by atoms with Gasteiger partial charge in [0.15, 0.2) is 0 Å². The van der Waals surface area contributed by atoms with Crippen LogP contribution in [0, 0.1) is 11.6 Å². The molecular weight excluding hydrogens is 304 g/mol. The van der Waals surface area contributed by atoms with Crippen molar-refractivity contribution in [2.24, 2.45) is 0 Å². The second-order valence-corrected chi connectivity index (χ2v) is 6.84. The van der Waals surface area contributed by atoms with Crippen LogP contribution in [0.4, 0.5) is 8.78 Å². The molecule has 1 aromatic carbocycles. The van der Waals surface area contributed by atoms with Crippen molar-refractivity contribution in [2.45, 2.75) is 42.5 Å². The standard InChI is InChI=1S/C13H15F2NO4S/c14-9-6-10(15)8-11(7-9)21(19,20)16-13(12(17)18)4-2-1-3-5-13/h6-8,16H,1-5H2,(H,17,18). The van der Waals surface area contributed by atoms with E-state index in [4.69, 9.17) is 0 Å². The molecule has 1 fully saturated rings. The molecule has 0 saturated heterocycles. The van der Waals surface area contributed by atoms with Gasteiger partial charge in [-0.1, -0.05) is 19.3 Å². The number of aliphatic carboxylic acids is 1. The lowest BCUT2D eigenvalue weighted by molar-refractivity contribution is -0.145. The molecule has 0 unspecified atom stereocenters. The van der Waals surface area contributed by atoms with Crippen molar-refractivity contribution in [2.75, 3.05) is 0 Å². The van der Waals surface area contributed by atoms with Crippen molar-refractivity contribution in [3.63, 3.8) is 0 Å². The van der Waals surface area contributed by atoms with Crippen molar-refractivity contribution < 1.29 is 27.1 Å². The normalized spacial score (nSPS) is 18.4. The van der Waals surface area contributed by atoms with Crippen LogP contribution in [0.2, 0.25) is 0 Å². The number of rotatable bonds is 4. The average molecular weight is 319 g/mol. The summed E-state index contributed by atoms with van der Waals surface area (Å²) in [5.41, 5.74) is -1.61. The number of carbonyl (C=O) groups is 1. The van der Waals surface area contributed by atoms with Crippen LogP contribution >= 0.6 is 0 Å². The fourth-order valence-electron chi connectivity index (χ4n) is 2.51. The molecule has 1 aliphatic carbocycles. The summed E-state index contributed by atoms with van der Waals surface area (Å²) in [5.74, 6) is -3.35. The quantitative estimate of drug-likeness (QED) is 0.889. The van der Waals surface area contributed by atoms with Gasteiger partial charge >= 0.3 is 5.97 Å². The van der Waals surface area contributed by atoms with Crippen LogP contribution in [0.5, 0.6) is 0 Å². The summed E-state index contributed by atoms with van der Waals surface area (Å²) in [6, 6.07) is 1.86. The summed E-state index contributed by atoms with van der Waals surface area (Å²) in [4.78, 5) is 10.8. The number of hydrogen-bond acceptors (Lipinski definition) is 3. The fraction of sp³-hybridized carbons (Fsp3) is 0.462. The summed E-state index contributed by atoms with van der Waals surface area (Å²) in [5, 5.41) is 9.33. The van der Waals surface area contributed by atoms with Gasteiger partial charge < -0.3 is 5.11 Å². The highest BCUT2D eigenvalue weighted by Crippen LogP contribution is 2.30. The van der Waals surface area contributed by atoms with E-state index in [9.17, 15) is 27.1 Å². The molecule has 0 amide bonds. The van der Waals surface area contributed by atoms with E-state index in [1.54, 1.807) is 0 Å². The molecule has 2 rings (SSSR count). The molecule has 1 aliphatic rings. The summed E-state index contributed by atoms with van der Waals surface area (Å²) >= 11 is 0. The van der Waals surface area contributed by atoms with Crippen molar-refractivity contribution >= 4 is 16.0 Å². The highest BCUT2D eigenvalue weighted by atomic mass is 32.2. The lowest BCUT2D eigenvalue weighted by Gasteiger charge is -2.33. The number of carboxylic acid groups (broad SMARTS) is 1. The van der Waals surface area contributed by atoms with E-state index in [-0.39, 0.29) is 12.8 Å². The van der Waals surface area contributed by atoms with Crippen LogP contribution in [0.3, 0.4) is 0 Å². The molecule has 0 radical (unpaired) electrons. The molecule has 5 nitrogen and oxygen atoms in total. The lowest BCUT2D eigenvalue weighted by Crippen LogP contribution is -2.55. The van der Waals surface area contributed by atoms with Crippen LogP contribution in [-0.2, 0) is 14.8 Å². The molecule has 2 N–H and O–H groups in total. The van der Waals surface area contributed by atoms with Crippen LogP contribution in [0.15, 0.2) is 23.1 Å². The predicted octanol–water partition coefficient (Wildman–Crippen LogP) is 2.03. The molecule has 0 heterocycles. The minimum absolute atomic E-state index is 0.152. The number of benzene rings is 1. The molecule has 1 aromatic rings. The van der Waals surface area contributed by atoms with Gasteiger partial charge in [-0.2, -0.15) is 4.72 Å². The number of sulfonamides is 1. The smallest absolute Gasteiger partial charge is 0.324 e. The third-order valence-corrected chi connectivity index (χ3v) is 5.11. The minimum atomic E-state index is -4.32. The van der Waals surface area contributed by atoms with Crippen molar-refractivity contribution in [3.05, 3.63) is 29.8 Å². The highest BCUT2D eigenvalue weighted by molar-refractivity contribution is 7.89. The SMILES string of the molecule is O=C(O)C1(NS(=O)(=O)c2cc(F)cc(F)c2)CCCCC1. The maximum atomic E-state index is 13.1. The van der Waals surface area contributed by atoms with E-state index < -0.39 is 38.1 Å². The zero-order valence-electron chi connectivity index (χ0n) is 11.1. The van der Waals surface area contributed by atoms with E-state index in [1.165, 1.54) is 0 Å². The summed E-state index contributed by atoms with van der Waals surface area (Å²) in [7, 11) is -4.32. The zero-order chi connectivity index (χ0) is 15.7. The Kier molecular flexibility index (Phi) is 4.29. The largest absolute Gasteiger partial charge is 0.480 e. The predicted molar refractivity (Wildman–Crippen MR) is 70.1 cm³/mol. The molecule has 116 valence electrons. The number of nitrogens with one attached hydrogen (secondary N) is 1. The van der Waals surface area contributed by atoms with E-state index in [0.29, 0.717) is 31.0 Å². The van der Waals surface area contributed by atoms with Gasteiger partial charge in [0.05, 0.1) is 4.90 Å². The van der Waals surface area contributed by atoms with Gasteiger partial charge in [0.1, 0.15) is 17.2 Å². The minimum Gasteiger partial charge on any atom is -0.480 e. The molecular formula is C13H15F2NO4S. The first-order chi connectivity index (χ1) is 9.75. The Balaban J connectivity index is 2.37. The van der Waals surface area contributed by atoms with Crippen molar-refractivity contribution in [3.8, 4) is 0 Å². The summed E-state index contributed by atoms with van der Waals surface area (Å²) in [6.07, 6.45) is 2.28. The van der Waals surface area contributed by atoms with E-state index in [2.05, 4.69) is 4.72 Å². The van der Waals surface area contributed by atoms with Gasteiger partial charge in [-0.3, -0.25) is 4.79 Å².